The Bertz CT molecular complexity index is 869. The van der Waals surface area contributed by atoms with Crippen molar-refractivity contribution in [2.45, 2.75) is 78.6 Å². The Morgan fingerprint density at radius 2 is 1.31 bits per heavy atom. The number of benzene rings is 1. The molecule has 0 aliphatic carbocycles. The van der Waals surface area contributed by atoms with E-state index in [1.807, 2.05) is 13.8 Å². The predicted molar refractivity (Wildman–Crippen MR) is 132 cm³/mol. The van der Waals surface area contributed by atoms with E-state index in [0.29, 0.717) is 12.0 Å². The smallest absolute Gasteiger partial charge is 0.326 e. The van der Waals surface area contributed by atoms with Crippen LogP contribution in [0.1, 0.15) is 53.5 Å². The summed E-state index contributed by atoms with van der Waals surface area (Å²) in [4.78, 5) is 50.3. The maximum absolute atomic E-state index is 13.3. The normalized spacial score (nSPS) is 14.8. The lowest BCUT2D eigenvalue weighted by molar-refractivity contribution is -0.143. The quantitative estimate of drug-likeness (QED) is 0.240. The number of carboxylic acid groups (broad SMARTS) is 1. The summed E-state index contributed by atoms with van der Waals surface area (Å²) >= 11 is 0. The average molecular weight is 493 g/mol. The number of nitrogens with one attached hydrogen (secondary N) is 3. The molecule has 3 amide bonds. The number of amides is 3. The standard InChI is InChI=1S/C25H40N4O6/c1-13(2)11-18(26)22(31)27-19(12-16-7-9-17(30)10-8-16)23(32)28-20(14(3)4)24(33)29-21(15(5)6)25(34)35/h7-10,13-15,18-21,30H,11-12,26H2,1-6H3,(H,27,31)(H,28,32)(H,29,33)(H,34,35). The van der Waals surface area contributed by atoms with Gasteiger partial charge in [-0.25, -0.2) is 4.79 Å². The molecule has 0 bridgehead atoms. The van der Waals surface area contributed by atoms with E-state index in [0.717, 1.165) is 0 Å². The number of phenolic OH excluding ortho intramolecular Hbond substituents is 1. The van der Waals surface area contributed by atoms with Crippen LogP contribution in [0.4, 0.5) is 0 Å². The number of carboxylic acids is 1. The maximum Gasteiger partial charge on any atom is 0.326 e. The van der Waals surface area contributed by atoms with Crippen LogP contribution in [0.15, 0.2) is 24.3 Å². The molecule has 0 saturated heterocycles. The molecule has 4 atom stereocenters. The first-order valence-electron chi connectivity index (χ1n) is 11.9. The average Bonchev–Trinajstić information content (AvgIpc) is 2.75. The van der Waals surface area contributed by atoms with Crippen LogP contribution < -0.4 is 21.7 Å². The van der Waals surface area contributed by atoms with Crippen molar-refractivity contribution in [2.24, 2.45) is 23.5 Å². The van der Waals surface area contributed by atoms with Gasteiger partial charge in [-0.3, -0.25) is 14.4 Å². The van der Waals surface area contributed by atoms with E-state index in [9.17, 15) is 29.4 Å². The van der Waals surface area contributed by atoms with Crippen molar-refractivity contribution in [3.05, 3.63) is 29.8 Å². The fourth-order valence-corrected chi connectivity index (χ4v) is 3.52. The molecule has 0 radical (unpaired) electrons. The van der Waals surface area contributed by atoms with Crippen molar-refractivity contribution in [2.75, 3.05) is 0 Å². The van der Waals surface area contributed by atoms with Crippen LogP contribution in [0, 0.1) is 17.8 Å². The highest BCUT2D eigenvalue weighted by Crippen LogP contribution is 2.13. The van der Waals surface area contributed by atoms with Crippen molar-refractivity contribution in [1.29, 1.82) is 0 Å². The van der Waals surface area contributed by atoms with E-state index in [-0.39, 0.29) is 29.9 Å². The molecule has 0 aromatic heterocycles. The number of hydrogen-bond donors (Lipinski definition) is 6. The van der Waals surface area contributed by atoms with Gasteiger partial charge in [0.1, 0.15) is 23.9 Å². The Labute approximate surface area is 207 Å². The molecule has 1 rings (SSSR count). The van der Waals surface area contributed by atoms with Crippen LogP contribution in [0.2, 0.25) is 0 Å². The van der Waals surface area contributed by atoms with Gasteiger partial charge in [0, 0.05) is 6.42 Å². The zero-order chi connectivity index (χ0) is 26.9. The van der Waals surface area contributed by atoms with Crippen molar-refractivity contribution in [1.82, 2.24) is 16.0 Å². The van der Waals surface area contributed by atoms with Crippen LogP contribution >= 0.6 is 0 Å². The van der Waals surface area contributed by atoms with E-state index in [1.54, 1.807) is 39.8 Å². The van der Waals surface area contributed by atoms with Gasteiger partial charge in [-0.1, -0.05) is 53.7 Å². The van der Waals surface area contributed by atoms with Gasteiger partial charge in [0.15, 0.2) is 0 Å². The van der Waals surface area contributed by atoms with Gasteiger partial charge in [0.25, 0.3) is 0 Å². The lowest BCUT2D eigenvalue weighted by atomic mass is 9.98. The first-order valence-corrected chi connectivity index (χ1v) is 11.9. The van der Waals surface area contributed by atoms with Crippen LogP contribution in [-0.2, 0) is 25.6 Å². The number of nitrogens with two attached hydrogens (primary N) is 1. The summed E-state index contributed by atoms with van der Waals surface area (Å²) in [6.07, 6.45) is 0.532. The predicted octanol–water partition coefficient (Wildman–Crippen LogP) is 1.16. The zero-order valence-corrected chi connectivity index (χ0v) is 21.4. The number of aromatic hydroxyl groups is 1. The van der Waals surface area contributed by atoms with Crippen LogP contribution in [0.5, 0.6) is 5.75 Å². The highest BCUT2D eigenvalue weighted by Gasteiger charge is 2.33. The minimum Gasteiger partial charge on any atom is -0.508 e. The highest BCUT2D eigenvalue weighted by atomic mass is 16.4. The number of carbonyl (C=O) groups is 4. The summed E-state index contributed by atoms with van der Waals surface area (Å²) in [5.74, 6) is -3.36. The van der Waals surface area contributed by atoms with Crippen LogP contribution in [-0.4, -0.2) is 58.1 Å². The molecule has 35 heavy (non-hydrogen) atoms. The Kier molecular flexibility index (Phi) is 11.7. The summed E-state index contributed by atoms with van der Waals surface area (Å²) in [5.41, 5.74) is 6.67. The third-order valence-electron chi connectivity index (χ3n) is 5.55. The highest BCUT2D eigenvalue weighted by molar-refractivity contribution is 5.94. The Morgan fingerprint density at radius 3 is 1.77 bits per heavy atom. The second-order valence-corrected chi connectivity index (χ2v) is 9.97. The molecular formula is C25H40N4O6. The molecular weight excluding hydrogens is 452 g/mol. The summed E-state index contributed by atoms with van der Waals surface area (Å²) < 4.78 is 0. The molecule has 0 aliphatic rings. The molecule has 196 valence electrons. The number of phenols is 1. The maximum atomic E-state index is 13.3. The molecule has 7 N–H and O–H groups in total. The van der Waals surface area contributed by atoms with E-state index in [2.05, 4.69) is 16.0 Å². The minimum atomic E-state index is -1.17. The summed E-state index contributed by atoms with van der Waals surface area (Å²) in [7, 11) is 0. The number of aliphatic carboxylic acids is 1. The van der Waals surface area contributed by atoms with E-state index in [4.69, 9.17) is 5.73 Å². The van der Waals surface area contributed by atoms with Gasteiger partial charge >= 0.3 is 5.97 Å². The molecule has 0 spiro atoms. The first kappa shape index (κ1) is 29.9. The van der Waals surface area contributed by atoms with Gasteiger partial charge in [-0.15, -0.1) is 0 Å². The third kappa shape index (κ3) is 9.94. The van der Waals surface area contributed by atoms with Gasteiger partial charge in [-0.2, -0.15) is 0 Å². The molecule has 4 unspecified atom stereocenters. The lowest BCUT2D eigenvalue weighted by Gasteiger charge is -2.28. The van der Waals surface area contributed by atoms with Crippen molar-refractivity contribution in [3.63, 3.8) is 0 Å². The second-order valence-electron chi connectivity index (χ2n) is 9.97. The molecule has 1 aromatic carbocycles. The SMILES string of the molecule is CC(C)CC(N)C(=O)NC(Cc1ccc(O)cc1)C(=O)NC(C(=O)NC(C(=O)O)C(C)C)C(C)C. The molecule has 0 saturated carbocycles. The van der Waals surface area contributed by atoms with E-state index in [1.165, 1.54) is 12.1 Å². The third-order valence-corrected chi connectivity index (χ3v) is 5.55. The number of hydrogen-bond acceptors (Lipinski definition) is 6. The van der Waals surface area contributed by atoms with Gasteiger partial charge in [0.2, 0.25) is 17.7 Å². The minimum absolute atomic E-state index is 0.0624. The number of rotatable bonds is 13. The topological polar surface area (TPSA) is 171 Å². The Morgan fingerprint density at radius 1 is 0.800 bits per heavy atom. The largest absolute Gasteiger partial charge is 0.508 e. The van der Waals surface area contributed by atoms with Crippen LogP contribution in [0.3, 0.4) is 0 Å². The second kappa shape index (κ2) is 13.7. The van der Waals surface area contributed by atoms with Crippen molar-refractivity contribution >= 4 is 23.7 Å². The van der Waals surface area contributed by atoms with E-state index >= 15 is 0 Å². The van der Waals surface area contributed by atoms with Crippen molar-refractivity contribution in [3.8, 4) is 5.75 Å². The molecule has 0 fully saturated rings. The fourth-order valence-electron chi connectivity index (χ4n) is 3.52. The number of carbonyl (C=O) groups excluding carboxylic acids is 3. The Hall–Kier alpha value is -3.14. The Balaban J connectivity index is 3.11. The molecule has 10 heteroatoms. The summed E-state index contributed by atoms with van der Waals surface area (Å²) in [6.45, 7) is 10.7. The van der Waals surface area contributed by atoms with Crippen molar-refractivity contribution < 1.29 is 29.4 Å². The molecule has 10 nitrogen and oxygen atoms in total. The zero-order valence-electron chi connectivity index (χ0n) is 21.4. The summed E-state index contributed by atoms with van der Waals surface area (Å²) in [5, 5.41) is 26.8. The first-order chi connectivity index (χ1) is 16.2. The van der Waals surface area contributed by atoms with Gasteiger partial charge < -0.3 is 31.9 Å². The molecule has 0 heterocycles. The lowest BCUT2D eigenvalue weighted by Crippen LogP contribution is -2.59. The van der Waals surface area contributed by atoms with Crippen LogP contribution in [0.25, 0.3) is 0 Å². The van der Waals surface area contributed by atoms with Gasteiger partial charge in [0.05, 0.1) is 6.04 Å². The monoisotopic (exact) mass is 492 g/mol. The molecule has 1 aromatic rings. The fraction of sp³-hybridized carbons (Fsp3) is 0.600. The molecule has 0 aliphatic heterocycles. The van der Waals surface area contributed by atoms with E-state index < -0.39 is 47.9 Å². The van der Waals surface area contributed by atoms with Gasteiger partial charge in [-0.05, 0) is 41.9 Å². The summed E-state index contributed by atoms with van der Waals surface area (Å²) in [6, 6.07) is 2.22.